The van der Waals surface area contributed by atoms with E-state index in [4.69, 9.17) is 16.3 Å². The van der Waals surface area contributed by atoms with E-state index in [1.807, 2.05) is 6.92 Å². The Morgan fingerprint density at radius 3 is 2.47 bits per heavy atom. The third kappa shape index (κ3) is 3.14. The standard InChI is InChI=1S/C17H21ClO/c1-11(12(2)18)7-13-3-5-16(6-4-13)19-17-9-14-8-15(14)10-17/h3-6,12,14-15,17H,1,7-10H2,2H3. The number of halogens is 1. The molecular formula is C17H21ClO. The van der Waals surface area contributed by atoms with E-state index in [1.54, 1.807) is 0 Å². The van der Waals surface area contributed by atoms with Crippen LogP contribution >= 0.6 is 11.6 Å². The van der Waals surface area contributed by atoms with Gasteiger partial charge in [-0.05, 0) is 62.1 Å². The summed E-state index contributed by atoms with van der Waals surface area (Å²) >= 11 is 6.02. The number of fused-ring (bicyclic) bond motifs is 1. The molecule has 2 heteroatoms. The lowest BCUT2D eigenvalue weighted by Gasteiger charge is -2.15. The van der Waals surface area contributed by atoms with Gasteiger partial charge in [0.25, 0.3) is 0 Å². The van der Waals surface area contributed by atoms with E-state index in [-0.39, 0.29) is 5.38 Å². The van der Waals surface area contributed by atoms with Gasteiger partial charge in [0, 0.05) is 0 Å². The number of benzene rings is 1. The quantitative estimate of drug-likeness (QED) is 0.565. The van der Waals surface area contributed by atoms with Crippen LogP contribution in [-0.2, 0) is 6.42 Å². The van der Waals surface area contributed by atoms with Crippen molar-refractivity contribution in [3.63, 3.8) is 0 Å². The Kier molecular flexibility index (Phi) is 3.58. The minimum atomic E-state index is 0.0288. The number of ether oxygens (including phenoxy) is 1. The van der Waals surface area contributed by atoms with Gasteiger partial charge in [0.1, 0.15) is 5.75 Å². The minimum Gasteiger partial charge on any atom is -0.490 e. The fourth-order valence-corrected chi connectivity index (χ4v) is 3.11. The zero-order valence-electron chi connectivity index (χ0n) is 11.4. The van der Waals surface area contributed by atoms with Crippen molar-refractivity contribution in [2.24, 2.45) is 11.8 Å². The van der Waals surface area contributed by atoms with Crippen molar-refractivity contribution < 1.29 is 4.74 Å². The molecule has 2 aliphatic rings. The Bertz CT molecular complexity index is 453. The van der Waals surface area contributed by atoms with Crippen molar-refractivity contribution in [1.82, 2.24) is 0 Å². The van der Waals surface area contributed by atoms with E-state index >= 15 is 0 Å². The minimum absolute atomic E-state index is 0.0288. The average Bonchev–Trinajstić information content (AvgIpc) is 2.99. The number of rotatable bonds is 5. The van der Waals surface area contributed by atoms with E-state index in [0.717, 1.165) is 29.6 Å². The molecule has 1 aromatic carbocycles. The molecule has 0 amide bonds. The Morgan fingerprint density at radius 1 is 1.26 bits per heavy atom. The maximum absolute atomic E-state index is 6.04. The second-order valence-corrected chi connectivity index (χ2v) is 6.72. The van der Waals surface area contributed by atoms with Crippen molar-refractivity contribution in [3.05, 3.63) is 42.0 Å². The first-order chi connectivity index (χ1) is 9.11. The second-order valence-electron chi connectivity index (χ2n) is 6.06. The lowest BCUT2D eigenvalue weighted by molar-refractivity contribution is 0.194. The molecule has 0 heterocycles. The summed E-state index contributed by atoms with van der Waals surface area (Å²) in [6.45, 7) is 5.97. The smallest absolute Gasteiger partial charge is 0.119 e. The zero-order valence-corrected chi connectivity index (χ0v) is 12.2. The molecule has 0 bridgehead atoms. The number of allylic oxidation sites excluding steroid dienone is 1. The normalized spacial score (nSPS) is 29.7. The maximum atomic E-state index is 6.04. The maximum Gasteiger partial charge on any atom is 0.119 e. The summed E-state index contributed by atoms with van der Waals surface area (Å²) in [4.78, 5) is 0. The van der Waals surface area contributed by atoms with Crippen LogP contribution in [0, 0.1) is 11.8 Å². The van der Waals surface area contributed by atoms with Crippen LogP contribution in [-0.4, -0.2) is 11.5 Å². The van der Waals surface area contributed by atoms with Gasteiger partial charge in [0.15, 0.2) is 0 Å². The number of alkyl halides is 1. The van der Waals surface area contributed by atoms with Crippen LogP contribution in [0.2, 0.25) is 0 Å². The lowest BCUT2D eigenvalue weighted by atomic mass is 10.0. The van der Waals surface area contributed by atoms with Crippen LogP contribution in [0.4, 0.5) is 0 Å². The Hall–Kier alpha value is -0.950. The highest BCUT2D eigenvalue weighted by Gasteiger charge is 2.46. The van der Waals surface area contributed by atoms with E-state index in [1.165, 1.54) is 24.8 Å². The molecule has 3 atom stereocenters. The van der Waals surface area contributed by atoms with Crippen LogP contribution < -0.4 is 4.74 Å². The van der Waals surface area contributed by atoms with Crippen molar-refractivity contribution in [2.75, 3.05) is 0 Å². The Labute approximate surface area is 120 Å². The molecule has 0 spiro atoms. The molecule has 102 valence electrons. The van der Waals surface area contributed by atoms with Crippen molar-refractivity contribution >= 4 is 11.6 Å². The van der Waals surface area contributed by atoms with Gasteiger partial charge in [-0.2, -0.15) is 0 Å². The highest BCUT2D eigenvalue weighted by Crippen LogP contribution is 2.52. The monoisotopic (exact) mass is 276 g/mol. The summed E-state index contributed by atoms with van der Waals surface area (Å²) < 4.78 is 6.04. The van der Waals surface area contributed by atoms with Crippen molar-refractivity contribution in [2.45, 2.75) is 44.1 Å². The van der Waals surface area contributed by atoms with Gasteiger partial charge < -0.3 is 4.74 Å². The third-order valence-electron chi connectivity index (χ3n) is 4.42. The van der Waals surface area contributed by atoms with E-state index in [9.17, 15) is 0 Å². The van der Waals surface area contributed by atoms with Crippen LogP contribution in [0.25, 0.3) is 0 Å². The fourth-order valence-electron chi connectivity index (χ4n) is 3.04. The number of hydrogen-bond donors (Lipinski definition) is 0. The van der Waals surface area contributed by atoms with Gasteiger partial charge in [-0.25, -0.2) is 0 Å². The molecule has 0 N–H and O–H groups in total. The van der Waals surface area contributed by atoms with Crippen molar-refractivity contribution in [1.29, 1.82) is 0 Å². The molecule has 1 aromatic rings. The van der Waals surface area contributed by atoms with Gasteiger partial charge >= 0.3 is 0 Å². The predicted molar refractivity (Wildman–Crippen MR) is 79.8 cm³/mol. The Morgan fingerprint density at radius 2 is 1.89 bits per heavy atom. The summed E-state index contributed by atoms with van der Waals surface area (Å²) in [5, 5.41) is 0.0288. The molecule has 0 saturated heterocycles. The van der Waals surface area contributed by atoms with E-state index in [2.05, 4.69) is 30.8 Å². The first-order valence-corrected chi connectivity index (χ1v) is 7.63. The average molecular weight is 277 g/mol. The van der Waals surface area contributed by atoms with E-state index in [0.29, 0.717) is 6.10 Å². The first-order valence-electron chi connectivity index (χ1n) is 7.19. The molecule has 0 aliphatic heterocycles. The summed E-state index contributed by atoms with van der Waals surface area (Å²) in [6.07, 6.45) is 5.25. The van der Waals surface area contributed by atoms with Crippen LogP contribution in [0.1, 0.15) is 31.7 Å². The first kappa shape index (κ1) is 13.1. The fraction of sp³-hybridized carbons (Fsp3) is 0.529. The van der Waals surface area contributed by atoms with E-state index < -0.39 is 0 Å². The van der Waals surface area contributed by atoms with Crippen LogP contribution in [0.15, 0.2) is 36.4 Å². The summed E-state index contributed by atoms with van der Waals surface area (Å²) in [5.41, 5.74) is 2.31. The van der Waals surface area contributed by atoms with Crippen molar-refractivity contribution in [3.8, 4) is 5.75 Å². The SMILES string of the molecule is C=C(Cc1ccc(OC2CC3CC3C2)cc1)C(C)Cl. The highest BCUT2D eigenvalue weighted by atomic mass is 35.5. The number of hydrogen-bond acceptors (Lipinski definition) is 1. The highest BCUT2D eigenvalue weighted by molar-refractivity contribution is 6.22. The van der Waals surface area contributed by atoms with Crippen LogP contribution in [0.3, 0.4) is 0 Å². The molecular weight excluding hydrogens is 256 g/mol. The topological polar surface area (TPSA) is 9.23 Å². The van der Waals surface area contributed by atoms with Crippen LogP contribution in [0.5, 0.6) is 5.75 Å². The zero-order chi connectivity index (χ0) is 13.4. The van der Waals surface area contributed by atoms with Gasteiger partial charge in [0.05, 0.1) is 11.5 Å². The lowest BCUT2D eigenvalue weighted by Crippen LogP contribution is -2.13. The molecule has 2 fully saturated rings. The predicted octanol–water partition coefficient (Wildman–Crippen LogP) is 4.59. The molecule has 3 unspecified atom stereocenters. The Balaban J connectivity index is 1.54. The third-order valence-corrected chi connectivity index (χ3v) is 4.73. The van der Waals surface area contributed by atoms with Gasteiger partial charge in [-0.3, -0.25) is 0 Å². The summed E-state index contributed by atoms with van der Waals surface area (Å²) in [7, 11) is 0. The van der Waals surface area contributed by atoms with Gasteiger partial charge in [-0.1, -0.05) is 24.3 Å². The molecule has 1 nitrogen and oxygen atoms in total. The molecule has 0 aromatic heterocycles. The largest absolute Gasteiger partial charge is 0.490 e. The van der Waals surface area contributed by atoms with Gasteiger partial charge in [-0.15, -0.1) is 11.6 Å². The molecule has 0 radical (unpaired) electrons. The molecule has 2 aliphatic carbocycles. The molecule has 3 rings (SSSR count). The molecule has 19 heavy (non-hydrogen) atoms. The summed E-state index contributed by atoms with van der Waals surface area (Å²) in [6, 6.07) is 8.39. The van der Waals surface area contributed by atoms with Gasteiger partial charge in [0.2, 0.25) is 0 Å². The summed E-state index contributed by atoms with van der Waals surface area (Å²) in [5.74, 6) is 2.94. The second kappa shape index (κ2) is 5.20. The molecule has 2 saturated carbocycles.